The van der Waals surface area contributed by atoms with Crippen LogP contribution >= 0.6 is 0 Å². The Bertz CT molecular complexity index is 526. The zero-order valence-corrected chi connectivity index (χ0v) is 10.7. The molecule has 0 aromatic carbocycles. The summed E-state index contributed by atoms with van der Waals surface area (Å²) in [6, 6.07) is 7.44. The zero-order chi connectivity index (χ0) is 13.5. The molecule has 5 heteroatoms. The first kappa shape index (κ1) is 13.2. The topological polar surface area (TPSA) is 64.1 Å². The molecule has 2 rings (SSSR count). The Morgan fingerprint density at radius 1 is 1.21 bits per heavy atom. The van der Waals surface area contributed by atoms with E-state index in [4.69, 9.17) is 0 Å². The number of aromatic nitrogens is 2. The van der Waals surface area contributed by atoms with Gasteiger partial charge in [0.05, 0.1) is 18.4 Å². The Labute approximate surface area is 111 Å². The summed E-state index contributed by atoms with van der Waals surface area (Å²) >= 11 is 0. The molecule has 0 saturated carbocycles. The summed E-state index contributed by atoms with van der Waals surface area (Å²) in [6.45, 7) is 1.40. The predicted molar refractivity (Wildman–Crippen MR) is 70.4 cm³/mol. The van der Waals surface area contributed by atoms with E-state index in [1.54, 1.807) is 18.5 Å². The van der Waals surface area contributed by atoms with Gasteiger partial charge in [-0.05, 0) is 29.8 Å². The van der Waals surface area contributed by atoms with Crippen LogP contribution in [-0.2, 0) is 17.8 Å². The molecule has 0 atom stereocenters. The number of pyridine rings is 2. The van der Waals surface area contributed by atoms with E-state index in [-0.39, 0.29) is 5.97 Å². The molecule has 0 radical (unpaired) electrons. The number of esters is 1. The summed E-state index contributed by atoms with van der Waals surface area (Å²) in [5, 5.41) is 3.27. The molecule has 0 unspecified atom stereocenters. The highest BCUT2D eigenvalue weighted by molar-refractivity contribution is 5.88. The van der Waals surface area contributed by atoms with E-state index in [2.05, 4.69) is 20.0 Å². The van der Waals surface area contributed by atoms with Crippen molar-refractivity contribution in [3.63, 3.8) is 0 Å². The quantitative estimate of drug-likeness (QED) is 0.823. The van der Waals surface area contributed by atoms with Gasteiger partial charge in [-0.25, -0.2) is 4.79 Å². The fourth-order valence-corrected chi connectivity index (χ4v) is 1.60. The molecule has 2 aromatic heterocycles. The van der Waals surface area contributed by atoms with Crippen LogP contribution in [0.1, 0.15) is 21.6 Å². The van der Waals surface area contributed by atoms with Crippen molar-refractivity contribution in [3.05, 3.63) is 59.7 Å². The van der Waals surface area contributed by atoms with Crippen molar-refractivity contribution in [3.8, 4) is 0 Å². The molecule has 0 fully saturated rings. The van der Waals surface area contributed by atoms with Gasteiger partial charge in [0.1, 0.15) is 0 Å². The predicted octanol–water partition coefficient (Wildman–Crippen LogP) is 1.55. The Kier molecular flexibility index (Phi) is 4.58. The first-order valence-corrected chi connectivity index (χ1v) is 5.92. The van der Waals surface area contributed by atoms with Crippen LogP contribution in [0.2, 0.25) is 0 Å². The van der Waals surface area contributed by atoms with Crippen molar-refractivity contribution < 1.29 is 9.53 Å². The van der Waals surface area contributed by atoms with E-state index in [1.807, 2.05) is 18.2 Å². The Balaban J connectivity index is 1.85. The van der Waals surface area contributed by atoms with Gasteiger partial charge >= 0.3 is 5.97 Å². The first-order chi connectivity index (χ1) is 9.29. The van der Waals surface area contributed by atoms with Crippen LogP contribution < -0.4 is 5.32 Å². The Morgan fingerprint density at radius 3 is 2.63 bits per heavy atom. The molecule has 0 aliphatic carbocycles. The highest BCUT2D eigenvalue weighted by atomic mass is 16.5. The third-order valence-corrected chi connectivity index (χ3v) is 2.63. The fraction of sp³-hybridized carbons (Fsp3) is 0.214. The van der Waals surface area contributed by atoms with Crippen molar-refractivity contribution in [2.24, 2.45) is 0 Å². The molecule has 0 bridgehead atoms. The number of hydrogen-bond acceptors (Lipinski definition) is 5. The lowest BCUT2D eigenvalue weighted by Gasteiger charge is -2.05. The molecule has 5 nitrogen and oxygen atoms in total. The van der Waals surface area contributed by atoms with Crippen LogP contribution in [0.25, 0.3) is 0 Å². The number of methoxy groups -OCH3 is 1. The van der Waals surface area contributed by atoms with Crippen molar-refractivity contribution >= 4 is 5.97 Å². The van der Waals surface area contributed by atoms with Crippen LogP contribution in [0.4, 0.5) is 0 Å². The average molecular weight is 257 g/mol. The lowest BCUT2D eigenvalue weighted by atomic mass is 10.2. The summed E-state index contributed by atoms with van der Waals surface area (Å²) in [4.78, 5) is 19.4. The van der Waals surface area contributed by atoms with Gasteiger partial charge in [-0.15, -0.1) is 0 Å². The van der Waals surface area contributed by atoms with Gasteiger partial charge in [-0.2, -0.15) is 0 Å². The second-order valence-electron chi connectivity index (χ2n) is 3.99. The third kappa shape index (κ3) is 3.86. The first-order valence-electron chi connectivity index (χ1n) is 5.92. The fourth-order valence-electron chi connectivity index (χ4n) is 1.60. The number of nitrogens with zero attached hydrogens (tertiary/aromatic N) is 2. The van der Waals surface area contributed by atoms with Crippen molar-refractivity contribution in [1.29, 1.82) is 0 Å². The molecule has 19 heavy (non-hydrogen) atoms. The number of ether oxygens (including phenoxy) is 1. The van der Waals surface area contributed by atoms with Gasteiger partial charge < -0.3 is 10.1 Å². The number of nitrogens with one attached hydrogen (secondary N) is 1. The molecule has 0 aliphatic rings. The van der Waals surface area contributed by atoms with Gasteiger partial charge in [0.15, 0.2) is 0 Å². The van der Waals surface area contributed by atoms with Crippen LogP contribution in [0.15, 0.2) is 42.9 Å². The van der Waals surface area contributed by atoms with E-state index >= 15 is 0 Å². The maximum Gasteiger partial charge on any atom is 0.339 e. The van der Waals surface area contributed by atoms with E-state index < -0.39 is 0 Å². The summed E-state index contributed by atoms with van der Waals surface area (Å²) in [5.74, 6) is -0.371. The lowest BCUT2D eigenvalue weighted by Crippen LogP contribution is -2.14. The number of carbonyl (C=O) groups is 1. The molecule has 2 aromatic rings. The standard InChI is InChI=1S/C14H15N3O2/c1-19-14(18)12-2-3-13(17-9-12)10-16-8-11-4-6-15-7-5-11/h2-7,9,16H,8,10H2,1H3. The molecule has 2 heterocycles. The Morgan fingerprint density at radius 2 is 2.00 bits per heavy atom. The van der Waals surface area contributed by atoms with Crippen LogP contribution in [0.3, 0.4) is 0 Å². The molecular weight excluding hydrogens is 242 g/mol. The van der Waals surface area contributed by atoms with Crippen molar-refractivity contribution in [1.82, 2.24) is 15.3 Å². The molecule has 0 amide bonds. The molecule has 0 spiro atoms. The lowest BCUT2D eigenvalue weighted by molar-refractivity contribution is 0.0600. The van der Waals surface area contributed by atoms with E-state index in [9.17, 15) is 4.79 Å². The average Bonchev–Trinajstić information content (AvgIpc) is 2.48. The van der Waals surface area contributed by atoms with Gasteiger partial charge in [0, 0.05) is 31.7 Å². The van der Waals surface area contributed by atoms with Crippen LogP contribution in [-0.4, -0.2) is 23.0 Å². The van der Waals surface area contributed by atoms with E-state index in [0.717, 1.165) is 12.2 Å². The summed E-state index contributed by atoms with van der Waals surface area (Å²) in [6.07, 6.45) is 5.05. The number of hydrogen-bond donors (Lipinski definition) is 1. The highest BCUT2D eigenvalue weighted by Gasteiger charge is 2.05. The molecule has 0 aliphatic heterocycles. The van der Waals surface area contributed by atoms with Crippen LogP contribution in [0.5, 0.6) is 0 Å². The molecule has 0 saturated heterocycles. The molecule has 98 valence electrons. The minimum Gasteiger partial charge on any atom is -0.465 e. The Hall–Kier alpha value is -2.27. The number of carbonyl (C=O) groups excluding carboxylic acids is 1. The van der Waals surface area contributed by atoms with Crippen molar-refractivity contribution in [2.45, 2.75) is 13.1 Å². The molecule has 1 N–H and O–H groups in total. The second kappa shape index (κ2) is 6.61. The van der Waals surface area contributed by atoms with Gasteiger partial charge in [0.2, 0.25) is 0 Å². The van der Waals surface area contributed by atoms with Gasteiger partial charge in [-0.3, -0.25) is 9.97 Å². The normalized spacial score (nSPS) is 10.2. The maximum atomic E-state index is 11.2. The number of rotatable bonds is 5. The SMILES string of the molecule is COC(=O)c1ccc(CNCc2ccncc2)nc1. The largest absolute Gasteiger partial charge is 0.465 e. The molecular formula is C14H15N3O2. The minimum atomic E-state index is -0.371. The van der Waals surface area contributed by atoms with Crippen molar-refractivity contribution in [2.75, 3.05) is 7.11 Å². The zero-order valence-electron chi connectivity index (χ0n) is 10.7. The van der Waals surface area contributed by atoms with E-state index in [0.29, 0.717) is 12.1 Å². The monoisotopic (exact) mass is 257 g/mol. The van der Waals surface area contributed by atoms with Gasteiger partial charge in [0.25, 0.3) is 0 Å². The summed E-state index contributed by atoms with van der Waals surface area (Å²) in [5.41, 5.74) is 2.50. The van der Waals surface area contributed by atoms with Crippen LogP contribution in [0, 0.1) is 0 Å². The minimum absolute atomic E-state index is 0.371. The summed E-state index contributed by atoms with van der Waals surface area (Å²) < 4.78 is 4.61. The highest BCUT2D eigenvalue weighted by Crippen LogP contribution is 2.02. The maximum absolute atomic E-state index is 11.2. The third-order valence-electron chi connectivity index (χ3n) is 2.63. The van der Waals surface area contributed by atoms with E-state index in [1.165, 1.54) is 18.9 Å². The smallest absolute Gasteiger partial charge is 0.339 e. The van der Waals surface area contributed by atoms with Gasteiger partial charge in [-0.1, -0.05) is 0 Å². The summed E-state index contributed by atoms with van der Waals surface area (Å²) in [7, 11) is 1.35. The second-order valence-corrected chi connectivity index (χ2v) is 3.99.